The first-order valence-electron chi connectivity index (χ1n) is 7.15. The Bertz CT molecular complexity index is 575. The lowest BCUT2D eigenvalue weighted by molar-refractivity contribution is -0.139. The Morgan fingerprint density at radius 1 is 1.20 bits per heavy atom. The third kappa shape index (κ3) is 3.58. The number of unbranched alkanes of at least 4 members (excludes halogenated alkanes) is 1. The molecule has 106 valence electrons. The molecule has 0 saturated heterocycles. The highest BCUT2D eigenvalue weighted by Gasteiger charge is 2.15. The van der Waals surface area contributed by atoms with E-state index in [0.29, 0.717) is 13.0 Å². The minimum atomic E-state index is -0.765. The Labute approximate surface area is 119 Å². The first kappa shape index (κ1) is 14.5. The number of nitrogens with one attached hydrogen (secondary N) is 1. The van der Waals surface area contributed by atoms with E-state index in [0.717, 1.165) is 18.4 Å². The molecule has 0 aromatic heterocycles. The summed E-state index contributed by atoms with van der Waals surface area (Å²) in [6.07, 6.45) is 2.62. The number of benzene rings is 2. The lowest BCUT2D eigenvalue weighted by Crippen LogP contribution is -2.36. The van der Waals surface area contributed by atoms with E-state index in [9.17, 15) is 9.90 Å². The lowest BCUT2D eigenvalue weighted by Gasteiger charge is -2.15. The van der Waals surface area contributed by atoms with Crippen molar-refractivity contribution < 1.29 is 9.90 Å². The van der Waals surface area contributed by atoms with Crippen molar-refractivity contribution in [3.8, 4) is 0 Å². The summed E-state index contributed by atoms with van der Waals surface area (Å²) in [5.74, 6) is -0.765. The highest BCUT2D eigenvalue weighted by molar-refractivity contribution is 5.85. The van der Waals surface area contributed by atoms with Crippen molar-refractivity contribution in [2.24, 2.45) is 0 Å². The quantitative estimate of drug-likeness (QED) is 0.809. The molecule has 0 heterocycles. The predicted molar refractivity (Wildman–Crippen MR) is 81.7 cm³/mol. The van der Waals surface area contributed by atoms with Crippen molar-refractivity contribution in [2.75, 3.05) is 0 Å². The fourth-order valence-corrected chi connectivity index (χ4v) is 2.40. The zero-order chi connectivity index (χ0) is 14.4. The van der Waals surface area contributed by atoms with E-state index in [1.54, 1.807) is 0 Å². The van der Waals surface area contributed by atoms with Crippen molar-refractivity contribution in [3.05, 3.63) is 48.0 Å². The SMILES string of the molecule is CCCC[C@H](NCc1cccc2ccccc12)C(=O)O. The van der Waals surface area contributed by atoms with Gasteiger partial charge in [-0.25, -0.2) is 0 Å². The van der Waals surface area contributed by atoms with E-state index in [4.69, 9.17) is 0 Å². The molecule has 1 atom stereocenters. The molecule has 0 aliphatic carbocycles. The van der Waals surface area contributed by atoms with Crippen molar-refractivity contribution in [1.29, 1.82) is 0 Å². The van der Waals surface area contributed by atoms with Gasteiger partial charge in [0.2, 0.25) is 0 Å². The lowest BCUT2D eigenvalue weighted by atomic mass is 10.0. The molecule has 3 nitrogen and oxygen atoms in total. The predicted octanol–water partition coefficient (Wildman–Crippen LogP) is 3.57. The monoisotopic (exact) mass is 271 g/mol. The van der Waals surface area contributed by atoms with Gasteiger partial charge in [0.15, 0.2) is 0 Å². The number of carboxylic acid groups (broad SMARTS) is 1. The van der Waals surface area contributed by atoms with Crippen LogP contribution in [-0.4, -0.2) is 17.1 Å². The fraction of sp³-hybridized carbons (Fsp3) is 0.353. The van der Waals surface area contributed by atoms with E-state index in [-0.39, 0.29) is 0 Å². The van der Waals surface area contributed by atoms with E-state index in [1.807, 2.05) is 24.3 Å². The summed E-state index contributed by atoms with van der Waals surface area (Å²) >= 11 is 0. The number of hydrogen-bond donors (Lipinski definition) is 2. The number of aliphatic carboxylic acids is 1. The van der Waals surface area contributed by atoms with Crippen LogP contribution in [0.25, 0.3) is 10.8 Å². The van der Waals surface area contributed by atoms with Gasteiger partial charge in [-0.05, 0) is 22.8 Å². The Morgan fingerprint density at radius 2 is 1.95 bits per heavy atom. The van der Waals surface area contributed by atoms with Gasteiger partial charge in [-0.1, -0.05) is 62.2 Å². The number of fused-ring (bicyclic) bond motifs is 1. The van der Waals surface area contributed by atoms with Gasteiger partial charge in [0.1, 0.15) is 6.04 Å². The topological polar surface area (TPSA) is 49.3 Å². The van der Waals surface area contributed by atoms with Crippen LogP contribution in [0.5, 0.6) is 0 Å². The summed E-state index contributed by atoms with van der Waals surface area (Å²) in [4.78, 5) is 11.2. The molecule has 2 aromatic carbocycles. The van der Waals surface area contributed by atoms with E-state index in [2.05, 4.69) is 30.4 Å². The molecule has 0 amide bonds. The Morgan fingerprint density at radius 3 is 2.70 bits per heavy atom. The van der Waals surface area contributed by atoms with Gasteiger partial charge in [0.05, 0.1) is 0 Å². The smallest absolute Gasteiger partial charge is 0.320 e. The first-order valence-corrected chi connectivity index (χ1v) is 7.15. The normalized spacial score (nSPS) is 12.4. The molecule has 20 heavy (non-hydrogen) atoms. The maximum absolute atomic E-state index is 11.2. The minimum absolute atomic E-state index is 0.464. The standard InChI is InChI=1S/C17H21NO2/c1-2-3-11-16(17(19)20)18-12-14-9-6-8-13-7-4-5-10-15(13)14/h4-10,16,18H,2-3,11-12H2,1H3,(H,19,20)/t16-/m0/s1. The van der Waals surface area contributed by atoms with Crippen LogP contribution in [0.15, 0.2) is 42.5 Å². The van der Waals surface area contributed by atoms with Crippen LogP contribution in [0.2, 0.25) is 0 Å². The van der Waals surface area contributed by atoms with Crippen molar-refractivity contribution in [3.63, 3.8) is 0 Å². The van der Waals surface area contributed by atoms with Crippen LogP contribution in [0.4, 0.5) is 0 Å². The molecule has 3 heteroatoms. The number of hydrogen-bond acceptors (Lipinski definition) is 2. The third-order valence-corrected chi connectivity index (χ3v) is 3.56. The zero-order valence-electron chi connectivity index (χ0n) is 11.8. The van der Waals surface area contributed by atoms with Crippen LogP contribution in [0.1, 0.15) is 31.7 Å². The summed E-state index contributed by atoms with van der Waals surface area (Å²) in [7, 11) is 0. The molecular formula is C17H21NO2. The molecule has 0 bridgehead atoms. The molecule has 0 radical (unpaired) electrons. The second kappa shape index (κ2) is 7.06. The largest absolute Gasteiger partial charge is 0.480 e. The van der Waals surface area contributed by atoms with Crippen LogP contribution < -0.4 is 5.32 Å². The second-order valence-electron chi connectivity index (χ2n) is 5.05. The molecule has 0 fully saturated rings. The average molecular weight is 271 g/mol. The average Bonchev–Trinajstić information content (AvgIpc) is 2.47. The van der Waals surface area contributed by atoms with E-state index >= 15 is 0 Å². The van der Waals surface area contributed by atoms with Gasteiger partial charge in [-0.15, -0.1) is 0 Å². The number of rotatable bonds is 7. The van der Waals surface area contributed by atoms with Crippen LogP contribution >= 0.6 is 0 Å². The van der Waals surface area contributed by atoms with Crippen LogP contribution in [0.3, 0.4) is 0 Å². The first-order chi connectivity index (χ1) is 9.72. The molecule has 0 spiro atoms. The van der Waals surface area contributed by atoms with E-state index in [1.165, 1.54) is 10.8 Å². The third-order valence-electron chi connectivity index (χ3n) is 3.56. The Kier molecular flexibility index (Phi) is 5.13. The van der Waals surface area contributed by atoms with Gasteiger partial charge in [-0.2, -0.15) is 0 Å². The molecule has 0 aliphatic rings. The molecule has 0 aliphatic heterocycles. The molecule has 2 rings (SSSR count). The van der Waals surface area contributed by atoms with Crippen LogP contribution in [-0.2, 0) is 11.3 Å². The summed E-state index contributed by atoms with van der Waals surface area (Å²) < 4.78 is 0. The van der Waals surface area contributed by atoms with E-state index < -0.39 is 12.0 Å². The summed E-state index contributed by atoms with van der Waals surface area (Å²) in [6, 6.07) is 13.9. The Balaban J connectivity index is 2.09. The molecular weight excluding hydrogens is 250 g/mol. The van der Waals surface area contributed by atoms with Crippen molar-refractivity contribution in [2.45, 2.75) is 38.8 Å². The van der Waals surface area contributed by atoms with Crippen molar-refractivity contribution >= 4 is 16.7 Å². The zero-order valence-corrected chi connectivity index (χ0v) is 11.8. The van der Waals surface area contributed by atoms with Gasteiger partial charge in [0, 0.05) is 6.54 Å². The highest BCUT2D eigenvalue weighted by Crippen LogP contribution is 2.18. The van der Waals surface area contributed by atoms with Gasteiger partial charge < -0.3 is 10.4 Å². The van der Waals surface area contributed by atoms with Gasteiger partial charge >= 0.3 is 5.97 Å². The molecule has 0 unspecified atom stereocenters. The minimum Gasteiger partial charge on any atom is -0.480 e. The van der Waals surface area contributed by atoms with Crippen molar-refractivity contribution in [1.82, 2.24) is 5.32 Å². The maximum Gasteiger partial charge on any atom is 0.320 e. The summed E-state index contributed by atoms with van der Waals surface area (Å²) in [5, 5.41) is 14.8. The number of carbonyl (C=O) groups is 1. The molecule has 2 aromatic rings. The fourth-order valence-electron chi connectivity index (χ4n) is 2.40. The summed E-state index contributed by atoms with van der Waals surface area (Å²) in [6.45, 7) is 2.66. The Hall–Kier alpha value is -1.87. The van der Waals surface area contributed by atoms with Gasteiger partial charge in [-0.3, -0.25) is 4.79 Å². The molecule has 2 N–H and O–H groups in total. The highest BCUT2D eigenvalue weighted by atomic mass is 16.4. The summed E-state index contributed by atoms with van der Waals surface area (Å²) in [5.41, 5.74) is 1.14. The number of carboxylic acids is 1. The second-order valence-corrected chi connectivity index (χ2v) is 5.05. The van der Waals surface area contributed by atoms with Gasteiger partial charge in [0.25, 0.3) is 0 Å². The maximum atomic E-state index is 11.2. The van der Waals surface area contributed by atoms with Crippen LogP contribution in [0, 0.1) is 0 Å². The molecule has 0 saturated carbocycles.